The number of benzene rings is 1. The molecule has 4 heteroatoms. The molecule has 0 aromatic heterocycles. The maximum Gasteiger partial charge on any atom is 0.123 e. The van der Waals surface area contributed by atoms with E-state index in [-0.39, 0.29) is 5.82 Å². The molecule has 1 spiro atoms. The van der Waals surface area contributed by atoms with Gasteiger partial charge in [-0.25, -0.2) is 4.39 Å². The highest BCUT2D eigenvalue weighted by Gasteiger charge is 2.37. The predicted molar refractivity (Wildman–Crippen MR) is 75.9 cm³/mol. The van der Waals surface area contributed by atoms with E-state index < -0.39 is 0 Å². The van der Waals surface area contributed by atoms with Gasteiger partial charge >= 0.3 is 0 Å². The van der Waals surface area contributed by atoms with Gasteiger partial charge in [-0.15, -0.1) is 0 Å². The number of hydrogen-bond acceptors (Lipinski definition) is 2. The van der Waals surface area contributed by atoms with Crippen molar-refractivity contribution in [2.24, 2.45) is 0 Å². The molecule has 1 heterocycles. The van der Waals surface area contributed by atoms with Crippen LogP contribution in [0.3, 0.4) is 0 Å². The zero-order valence-corrected chi connectivity index (χ0v) is 11.8. The highest BCUT2D eigenvalue weighted by Crippen LogP contribution is 2.32. The van der Waals surface area contributed by atoms with E-state index in [4.69, 9.17) is 11.6 Å². The molecule has 0 radical (unpaired) electrons. The number of nitrogens with one attached hydrogen (secondary N) is 1. The van der Waals surface area contributed by atoms with Crippen molar-refractivity contribution in [1.29, 1.82) is 0 Å². The second-order valence-corrected chi connectivity index (χ2v) is 6.27. The average molecular weight is 283 g/mol. The lowest BCUT2D eigenvalue weighted by Gasteiger charge is -2.41. The summed E-state index contributed by atoms with van der Waals surface area (Å²) in [6.45, 7) is 3.83. The monoisotopic (exact) mass is 282 g/mol. The molecule has 0 unspecified atom stereocenters. The second kappa shape index (κ2) is 5.39. The van der Waals surface area contributed by atoms with Gasteiger partial charge in [0.25, 0.3) is 0 Å². The Hall–Kier alpha value is -0.640. The normalized spacial score (nSPS) is 23.1. The second-order valence-electron chi connectivity index (χ2n) is 5.86. The van der Waals surface area contributed by atoms with E-state index in [0.717, 1.165) is 31.7 Å². The summed E-state index contributed by atoms with van der Waals surface area (Å²) in [6.07, 6.45) is 5.17. The Labute approximate surface area is 118 Å². The minimum Gasteiger partial charge on any atom is -0.309 e. The quantitative estimate of drug-likeness (QED) is 0.896. The Bertz CT molecular complexity index is 457. The molecule has 2 nitrogen and oxygen atoms in total. The van der Waals surface area contributed by atoms with Gasteiger partial charge in [-0.05, 0) is 36.6 Å². The Morgan fingerprint density at radius 3 is 2.89 bits per heavy atom. The Balaban J connectivity index is 1.70. The molecule has 3 rings (SSSR count). The van der Waals surface area contributed by atoms with E-state index in [0.29, 0.717) is 10.6 Å². The fraction of sp³-hybridized carbons (Fsp3) is 0.600. The summed E-state index contributed by atoms with van der Waals surface area (Å²) in [7, 11) is 0. The van der Waals surface area contributed by atoms with Crippen molar-refractivity contribution < 1.29 is 4.39 Å². The Morgan fingerprint density at radius 2 is 2.11 bits per heavy atom. The number of piperazine rings is 1. The molecule has 1 aliphatic heterocycles. The third kappa shape index (κ3) is 2.93. The van der Waals surface area contributed by atoms with Crippen LogP contribution in [0.1, 0.15) is 31.2 Å². The fourth-order valence-electron chi connectivity index (χ4n) is 3.47. The van der Waals surface area contributed by atoms with Gasteiger partial charge in [0.1, 0.15) is 5.82 Å². The molecular weight excluding hydrogens is 263 g/mol. The zero-order chi connectivity index (χ0) is 13.3. The van der Waals surface area contributed by atoms with Crippen LogP contribution in [0.25, 0.3) is 0 Å². The van der Waals surface area contributed by atoms with Crippen molar-refractivity contribution in [2.75, 3.05) is 19.6 Å². The van der Waals surface area contributed by atoms with Crippen molar-refractivity contribution in [3.8, 4) is 0 Å². The van der Waals surface area contributed by atoms with Crippen LogP contribution in [0, 0.1) is 5.82 Å². The predicted octanol–water partition coefficient (Wildman–Crippen LogP) is 3.20. The largest absolute Gasteiger partial charge is 0.309 e. The lowest BCUT2D eigenvalue weighted by Crippen LogP contribution is -2.58. The maximum absolute atomic E-state index is 13.3. The number of hydrogen-bond donors (Lipinski definition) is 1. The van der Waals surface area contributed by atoms with Crippen LogP contribution in [-0.4, -0.2) is 30.1 Å². The van der Waals surface area contributed by atoms with Gasteiger partial charge in [0.15, 0.2) is 0 Å². The van der Waals surface area contributed by atoms with E-state index in [1.54, 1.807) is 12.1 Å². The van der Waals surface area contributed by atoms with Crippen LogP contribution in [0.15, 0.2) is 18.2 Å². The van der Waals surface area contributed by atoms with Gasteiger partial charge in [0, 0.05) is 36.7 Å². The molecule has 1 aromatic carbocycles. The van der Waals surface area contributed by atoms with Gasteiger partial charge in [-0.3, -0.25) is 4.90 Å². The summed E-state index contributed by atoms with van der Waals surface area (Å²) in [4.78, 5) is 2.41. The van der Waals surface area contributed by atoms with Gasteiger partial charge < -0.3 is 5.32 Å². The molecule has 0 amide bonds. The Kier molecular flexibility index (Phi) is 3.79. The van der Waals surface area contributed by atoms with Crippen LogP contribution >= 0.6 is 11.6 Å². The molecule has 2 aliphatic rings. The molecule has 19 heavy (non-hydrogen) atoms. The van der Waals surface area contributed by atoms with Gasteiger partial charge in [-0.1, -0.05) is 24.4 Å². The van der Waals surface area contributed by atoms with Crippen molar-refractivity contribution in [2.45, 2.75) is 37.8 Å². The highest BCUT2D eigenvalue weighted by atomic mass is 35.5. The average Bonchev–Trinajstić information content (AvgIpc) is 2.82. The topological polar surface area (TPSA) is 15.3 Å². The zero-order valence-electron chi connectivity index (χ0n) is 11.1. The molecule has 1 saturated heterocycles. The summed E-state index contributed by atoms with van der Waals surface area (Å²) in [5.41, 5.74) is 1.20. The van der Waals surface area contributed by atoms with Crippen molar-refractivity contribution in [3.63, 3.8) is 0 Å². The Morgan fingerprint density at radius 1 is 1.32 bits per heavy atom. The van der Waals surface area contributed by atoms with Crippen LogP contribution in [0.4, 0.5) is 4.39 Å². The van der Waals surface area contributed by atoms with E-state index in [2.05, 4.69) is 10.2 Å². The fourth-order valence-corrected chi connectivity index (χ4v) is 3.65. The first-order valence-corrected chi connectivity index (χ1v) is 7.46. The number of rotatable bonds is 2. The van der Waals surface area contributed by atoms with Gasteiger partial charge in [-0.2, -0.15) is 0 Å². The molecule has 1 aliphatic carbocycles. The molecule has 104 valence electrons. The van der Waals surface area contributed by atoms with Crippen molar-refractivity contribution in [3.05, 3.63) is 34.6 Å². The standard InChI is InChI=1S/C15H20ClFN2/c16-14-4-3-13(17)9-12(14)10-19-8-7-18-15(11-19)5-1-2-6-15/h3-4,9,18H,1-2,5-8,10-11H2. The number of halogens is 2. The van der Waals surface area contributed by atoms with Gasteiger partial charge in [0.2, 0.25) is 0 Å². The first kappa shape index (κ1) is 13.3. The third-order valence-corrected chi connectivity index (χ3v) is 4.79. The summed E-state index contributed by atoms with van der Waals surface area (Å²) >= 11 is 6.16. The lowest BCUT2D eigenvalue weighted by molar-refractivity contribution is 0.128. The molecular formula is C15H20ClFN2. The molecule has 0 atom stereocenters. The molecule has 2 fully saturated rings. The third-order valence-electron chi connectivity index (χ3n) is 4.42. The van der Waals surface area contributed by atoms with Crippen molar-refractivity contribution in [1.82, 2.24) is 10.2 Å². The summed E-state index contributed by atoms with van der Waals surface area (Å²) in [5.74, 6) is -0.204. The smallest absolute Gasteiger partial charge is 0.123 e. The molecule has 1 aromatic rings. The first-order chi connectivity index (χ1) is 9.17. The molecule has 0 bridgehead atoms. The van der Waals surface area contributed by atoms with Crippen LogP contribution < -0.4 is 5.32 Å². The lowest BCUT2D eigenvalue weighted by atomic mass is 9.94. The maximum atomic E-state index is 13.3. The van der Waals surface area contributed by atoms with Crippen molar-refractivity contribution >= 4 is 11.6 Å². The van der Waals surface area contributed by atoms with E-state index in [9.17, 15) is 4.39 Å². The first-order valence-electron chi connectivity index (χ1n) is 7.08. The van der Waals surface area contributed by atoms with E-state index in [1.807, 2.05) is 0 Å². The summed E-state index contributed by atoms with van der Waals surface area (Å²) in [6, 6.07) is 4.63. The SMILES string of the molecule is Fc1ccc(Cl)c(CN2CCNC3(CCCC3)C2)c1. The highest BCUT2D eigenvalue weighted by molar-refractivity contribution is 6.31. The van der Waals surface area contributed by atoms with Crippen LogP contribution in [-0.2, 0) is 6.54 Å². The minimum atomic E-state index is -0.204. The van der Waals surface area contributed by atoms with E-state index >= 15 is 0 Å². The molecule has 1 saturated carbocycles. The summed E-state index contributed by atoms with van der Waals surface area (Å²) in [5, 5.41) is 4.35. The van der Waals surface area contributed by atoms with Gasteiger partial charge in [0.05, 0.1) is 0 Å². The van der Waals surface area contributed by atoms with Crippen LogP contribution in [0.5, 0.6) is 0 Å². The van der Waals surface area contributed by atoms with E-state index in [1.165, 1.54) is 31.7 Å². The van der Waals surface area contributed by atoms with Crippen LogP contribution in [0.2, 0.25) is 5.02 Å². The minimum absolute atomic E-state index is 0.204. The number of nitrogens with zero attached hydrogens (tertiary/aromatic N) is 1. The summed E-state index contributed by atoms with van der Waals surface area (Å²) < 4.78 is 13.3. The molecule has 1 N–H and O–H groups in total.